The lowest BCUT2D eigenvalue weighted by Gasteiger charge is -2.34. The molecule has 0 aliphatic carbocycles. The lowest BCUT2D eigenvalue weighted by atomic mass is 10.1. The third kappa shape index (κ3) is 7.39. The molecule has 8 nitrogen and oxygen atoms in total. The molecule has 35 heavy (non-hydrogen) atoms. The van der Waals surface area contributed by atoms with E-state index >= 15 is 0 Å². The fourth-order valence-corrected chi connectivity index (χ4v) is 4.62. The van der Waals surface area contributed by atoms with Gasteiger partial charge in [-0.3, -0.25) is 9.59 Å². The number of nitrogens with zero attached hydrogens (tertiary/aromatic N) is 3. The minimum atomic E-state index is -4.23. The lowest BCUT2D eigenvalue weighted by molar-refractivity contribution is -0.140. The standard InChI is InChI=1S/C24H32ClFN4O4S/c1-5-15-27-24(32)21(6-2)29(16-18-11-13-19(25)14-12-18)23(31)17-30(35(33,34)28(3)4)22-10-8-7-9-20(22)26/h7-14,21H,5-6,15-17H2,1-4H3,(H,27,32)/t21-/m1/s1. The van der Waals surface area contributed by atoms with Crippen molar-refractivity contribution in [2.45, 2.75) is 39.3 Å². The first kappa shape index (κ1) is 28.5. The van der Waals surface area contributed by atoms with Gasteiger partial charge < -0.3 is 10.2 Å². The van der Waals surface area contributed by atoms with Gasteiger partial charge in [-0.1, -0.05) is 49.7 Å². The third-order valence-electron chi connectivity index (χ3n) is 5.34. The molecule has 2 amide bonds. The second-order valence-electron chi connectivity index (χ2n) is 8.11. The number of benzene rings is 2. The van der Waals surface area contributed by atoms with Gasteiger partial charge in [-0.15, -0.1) is 0 Å². The first-order chi connectivity index (χ1) is 16.5. The van der Waals surface area contributed by atoms with E-state index in [4.69, 9.17) is 11.6 Å². The van der Waals surface area contributed by atoms with Gasteiger partial charge in [0.05, 0.1) is 5.69 Å². The fourth-order valence-electron chi connectivity index (χ4n) is 3.43. The smallest absolute Gasteiger partial charge is 0.304 e. The van der Waals surface area contributed by atoms with Crippen molar-refractivity contribution >= 4 is 39.3 Å². The normalized spacial score (nSPS) is 12.3. The fraction of sp³-hybridized carbons (Fsp3) is 0.417. The van der Waals surface area contributed by atoms with E-state index in [1.165, 1.54) is 37.2 Å². The van der Waals surface area contributed by atoms with Crippen LogP contribution in [0.4, 0.5) is 10.1 Å². The van der Waals surface area contributed by atoms with Crippen molar-refractivity contribution in [3.63, 3.8) is 0 Å². The Labute approximate surface area is 211 Å². The maximum Gasteiger partial charge on any atom is 0.304 e. The number of para-hydroxylation sites is 1. The van der Waals surface area contributed by atoms with Gasteiger partial charge in [-0.25, -0.2) is 8.70 Å². The summed E-state index contributed by atoms with van der Waals surface area (Å²) in [4.78, 5) is 27.9. The van der Waals surface area contributed by atoms with E-state index in [2.05, 4.69) is 5.32 Å². The predicted octanol–water partition coefficient (Wildman–Crippen LogP) is 3.43. The van der Waals surface area contributed by atoms with Crippen LogP contribution in [0.2, 0.25) is 5.02 Å². The molecule has 0 bridgehead atoms. The minimum Gasteiger partial charge on any atom is -0.354 e. The lowest BCUT2D eigenvalue weighted by Crippen LogP contribution is -2.53. The zero-order valence-electron chi connectivity index (χ0n) is 20.4. The number of nitrogens with one attached hydrogen (secondary N) is 1. The van der Waals surface area contributed by atoms with E-state index < -0.39 is 34.5 Å². The number of hydrogen-bond donors (Lipinski definition) is 1. The van der Waals surface area contributed by atoms with Crippen LogP contribution in [-0.4, -0.2) is 62.7 Å². The average Bonchev–Trinajstić information content (AvgIpc) is 2.82. The van der Waals surface area contributed by atoms with Crippen LogP contribution in [0.1, 0.15) is 32.3 Å². The number of halogens is 2. The molecule has 0 saturated carbocycles. The van der Waals surface area contributed by atoms with Crippen LogP contribution in [0.5, 0.6) is 0 Å². The maximum absolute atomic E-state index is 14.6. The minimum absolute atomic E-state index is 0.0428. The summed E-state index contributed by atoms with van der Waals surface area (Å²) < 4.78 is 42.4. The van der Waals surface area contributed by atoms with Crippen LogP contribution in [-0.2, 0) is 26.3 Å². The van der Waals surface area contributed by atoms with Gasteiger partial charge in [0.25, 0.3) is 0 Å². The molecule has 0 saturated heterocycles. The van der Waals surface area contributed by atoms with Crippen molar-refractivity contribution in [1.29, 1.82) is 0 Å². The molecule has 0 fully saturated rings. The number of hydrogen-bond acceptors (Lipinski definition) is 4. The monoisotopic (exact) mass is 526 g/mol. The highest BCUT2D eigenvalue weighted by Crippen LogP contribution is 2.24. The van der Waals surface area contributed by atoms with Crippen LogP contribution in [0.25, 0.3) is 0 Å². The van der Waals surface area contributed by atoms with Crippen LogP contribution in [0.3, 0.4) is 0 Å². The molecule has 1 N–H and O–H groups in total. The molecule has 11 heteroatoms. The van der Waals surface area contributed by atoms with Gasteiger partial charge in [-0.05, 0) is 42.7 Å². The molecule has 2 aromatic rings. The topological polar surface area (TPSA) is 90.0 Å². The second kappa shape index (κ2) is 12.9. The number of carbonyl (C=O) groups is 2. The third-order valence-corrected chi connectivity index (χ3v) is 7.40. The van der Waals surface area contributed by atoms with Crippen LogP contribution in [0, 0.1) is 5.82 Å². The Bertz CT molecular complexity index is 1110. The summed E-state index contributed by atoms with van der Waals surface area (Å²) in [6.07, 6.45) is 1.02. The first-order valence-electron chi connectivity index (χ1n) is 11.3. The van der Waals surface area contributed by atoms with E-state index in [-0.39, 0.29) is 18.1 Å². The molecule has 0 aliphatic heterocycles. The number of amides is 2. The second-order valence-corrected chi connectivity index (χ2v) is 10.6. The molecule has 0 aliphatic rings. The van der Waals surface area contributed by atoms with Crippen LogP contribution < -0.4 is 9.62 Å². The molecule has 0 unspecified atom stereocenters. The Morgan fingerprint density at radius 1 is 1.06 bits per heavy atom. The Hall–Kier alpha value is -2.69. The predicted molar refractivity (Wildman–Crippen MR) is 136 cm³/mol. The largest absolute Gasteiger partial charge is 0.354 e. The first-order valence-corrected chi connectivity index (χ1v) is 13.1. The van der Waals surface area contributed by atoms with Crippen molar-refractivity contribution in [2.24, 2.45) is 0 Å². The van der Waals surface area contributed by atoms with Gasteiger partial charge in [-0.2, -0.15) is 12.7 Å². The zero-order valence-corrected chi connectivity index (χ0v) is 21.9. The summed E-state index contributed by atoms with van der Waals surface area (Å²) in [7, 11) is -1.63. The van der Waals surface area contributed by atoms with E-state index in [1.54, 1.807) is 31.2 Å². The summed E-state index contributed by atoms with van der Waals surface area (Å²) >= 11 is 5.98. The van der Waals surface area contributed by atoms with Gasteiger partial charge in [0, 0.05) is 32.2 Å². The van der Waals surface area contributed by atoms with Gasteiger partial charge >= 0.3 is 10.2 Å². The van der Waals surface area contributed by atoms with E-state index in [0.717, 1.165) is 21.1 Å². The number of carbonyl (C=O) groups excluding carboxylic acids is 2. The van der Waals surface area contributed by atoms with E-state index in [9.17, 15) is 22.4 Å². The highest BCUT2D eigenvalue weighted by atomic mass is 35.5. The number of rotatable bonds is 12. The quantitative estimate of drug-likeness (QED) is 0.459. The van der Waals surface area contributed by atoms with E-state index in [1.807, 2.05) is 6.92 Å². The molecule has 192 valence electrons. The summed E-state index contributed by atoms with van der Waals surface area (Å²) in [6.45, 7) is 3.47. The molecular formula is C24H32ClFN4O4S. The Balaban J connectivity index is 2.49. The van der Waals surface area contributed by atoms with Gasteiger partial charge in [0.15, 0.2) is 0 Å². The highest BCUT2D eigenvalue weighted by Gasteiger charge is 2.34. The summed E-state index contributed by atoms with van der Waals surface area (Å²) in [5.41, 5.74) is 0.446. The Morgan fingerprint density at radius 3 is 2.23 bits per heavy atom. The summed E-state index contributed by atoms with van der Waals surface area (Å²) in [6, 6.07) is 11.3. The van der Waals surface area contributed by atoms with Crippen molar-refractivity contribution in [2.75, 3.05) is 31.5 Å². The molecule has 0 aromatic heterocycles. The molecule has 0 heterocycles. The molecule has 2 aromatic carbocycles. The van der Waals surface area contributed by atoms with Gasteiger partial charge in [0.2, 0.25) is 11.8 Å². The maximum atomic E-state index is 14.6. The van der Waals surface area contributed by atoms with Crippen molar-refractivity contribution < 1.29 is 22.4 Å². The SMILES string of the molecule is CCCNC(=O)[C@@H](CC)N(Cc1ccc(Cl)cc1)C(=O)CN(c1ccccc1F)S(=O)(=O)N(C)C. The number of anilines is 1. The average molecular weight is 527 g/mol. The van der Waals surface area contributed by atoms with Crippen molar-refractivity contribution in [3.8, 4) is 0 Å². The Kier molecular flexibility index (Phi) is 10.5. The molecule has 0 spiro atoms. The van der Waals surface area contributed by atoms with Crippen molar-refractivity contribution in [3.05, 3.63) is 64.9 Å². The molecule has 0 radical (unpaired) electrons. The molecule has 1 atom stereocenters. The summed E-state index contributed by atoms with van der Waals surface area (Å²) in [5.74, 6) is -1.78. The van der Waals surface area contributed by atoms with E-state index in [0.29, 0.717) is 23.6 Å². The van der Waals surface area contributed by atoms with Crippen molar-refractivity contribution in [1.82, 2.24) is 14.5 Å². The molecular weight excluding hydrogens is 495 g/mol. The molecule has 2 rings (SSSR count). The van der Waals surface area contributed by atoms with Gasteiger partial charge in [0.1, 0.15) is 18.4 Å². The Morgan fingerprint density at radius 2 is 1.69 bits per heavy atom. The summed E-state index contributed by atoms with van der Waals surface area (Å²) in [5, 5.41) is 3.32. The van der Waals surface area contributed by atoms with Crippen LogP contribution in [0.15, 0.2) is 48.5 Å². The zero-order chi connectivity index (χ0) is 26.2. The van der Waals surface area contributed by atoms with Crippen LogP contribution >= 0.6 is 11.6 Å². The highest BCUT2D eigenvalue weighted by molar-refractivity contribution is 7.90.